The molecule has 1 amide bonds. The quantitative estimate of drug-likeness (QED) is 0.183. The van der Waals surface area contributed by atoms with Crippen molar-refractivity contribution in [3.05, 3.63) is 98.2 Å². The van der Waals surface area contributed by atoms with E-state index < -0.39 is 47.1 Å². The highest BCUT2D eigenvalue weighted by molar-refractivity contribution is 7.12. The Hall–Kier alpha value is -3.44. The van der Waals surface area contributed by atoms with Gasteiger partial charge in [0.1, 0.15) is 12.4 Å². The smallest absolute Gasteiger partial charge is 0.265 e. The third kappa shape index (κ3) is 5.05. The number of benzene rings is 2. The summed E-state index contributed by atoms with van der Waals surface area (Å²) in [4.78, 5) is 12.9. The molecule has 1 N–H and O–H groups in total. The van der Waals surface area contributed by atoms with Crippen LogP contribution in [0.4, 0.5) is 27.6 Å². The van der Waals surface area contributed by atoms with Crippen molar-refractivity contribution in [1.29, 1.82) is 0 Å². The molecule has 5 nitrogen and oxygen atoms in total. The van der Waals surface area contributed by atoms with Crippen LogP contribution in [0.15, 0.2) is 48.1 Å². The second-order valence-electron chi connectivity index (χ2n) is 6.99. The fourth-order valence-electron chi connectivity index (χ4n) is 2.95. The van der Waals surface area contributed by atoms with Crippen LogP contribution in [-0.4, -0.2) is 15.7 Å². The molecule has 4 aromatic rings. The van der Waals surface area contributed by atoms with E-state index in [0.29, 0.717) is 15.6 Å². The predicted octanol–water partition coefficient (Wildman–Crippen LogP) is 6.17. The molecule has 0 unspecified atom stereocenters. The molecule has 0 atom stereocenters. The lowest BCUT2D eigenvalue weighted by Crippen LogP contribution is -2.12. The average molecular weight is 514 g/mol. The number of nitrogens with one attached hydrogen (secondary N) is 1. The van der Waals surface area contributed by atoms with E-state index in [1.807, 2.05) is 0 Å². The molecule has 12 heteroatoms. The van der Waals surface area contributed by atoms with Crippen LogP contribution in [0.1, 0.15) is 20.8 Å². The molecule has 0 bridgehead atoms. The van der Waals surface area contributed by atoms with Crippen molar-refractivity contribution in [2.75, 3.05) is 5.32 Å². The molecule has 2 aromatic carbocycles. The molecule has 2 heterocycles. The van der Waals surface area contributed by atoms with Crippen molar-refractivity contribution < 1.29 is 31.5 Å². The summed E-state index contributed by atoms with van der Waals surface area (Å²) in [6, 6.07) is 8.49. The first-order valence-corrected chi connectivity index (χ1v) is 10.8. The molecule has 0 aliphatic carbocycles. The summed E-state index contributed by atoms with van der Waals surface area (Å²) >= 11 is 7.08. The Morgan fingerprint density at radius 2 is 1.76 bits per heavy atom. The molecule has 176 valence electrons. The van der Waals surface area contributed by atoms with Crippen LogP contribution in [0.2, 0.25) is 5.02 Å². The molecule has 0 saturated carbocycles. The number of hydrogen-bond donors (Lipinski definition) is 1. The molecule has 0 aliphatic heterocycles. The molecule has 2 aromatic heterocycles. The number of carbonyl (C=O) groups excluding carboxylic acids is 1. The fourth-order valence-corrected chi connectivity index (χ4v) is 3.92. The lowest BCUT2D eigenvalue weighted by atomic mass is 10.1. The van der Waals surface area contributed by atoms with Crippen molar-refractivity contribution in [2.45, 2.75) is 13.2 Å². The largest absolute Gasteiger partial charge is 0.489 e. The van der Waals surface area contributed by atoms with Crippen LogP contribution in [0.5, 0.6) is 5.75 Å². The Bertz CT molecular complexity index is 1350. The summed E-state index contributed by atoms with van der Waals surface area (Å²) in [6.07, 6.45) is 2.38. The maximum Gasteiger partial charge on any atom is 0.265 e. The number of rotatable bonds is 7. The Morgan fingerprint density at radius 1 is 1.06 bits per heavy atom. The van der Waals surface area contributed by atoms with Gasteiger partial charge in [0.2, 0.25) is 5.82 Å². The van der Waals surface area contributed by atoms with Crippen LogP contribution < -0.4 is 10.1 Å². The summed E-state index contributed by atoms with van der Waals surface area (Å²) in [6.45, 7) is -0.518. The molecule has 0 spiro atoms. The van der Waals surface area contributed by atoms with Crippen LogP contribution in [-0.2, 0) is 13.2 Å². The Kier molecular flexibility index (Phi) is 6.85. The van der Waals surface area contributed by atoms with Gasteiger partial charge in [-0.1, -0.05) is 17.7 Å². The number of hydrogen-bond acceptors (Lipinski definition) is 4. The van der Waals surface area contributed by atoms with Gasteiger partial charge in [0.25, 0.3) is 5.91 Å². The first-order chi connectivity index (χ1) is 16.2. The number of aromatic nitrogens is 2. The van der Waals surface area contributed by atoms with Crippen molar-refractivity contribution in [2.24, 2.45) is 0 Å². The van der Waals surface area contributed by atoms with E-state index in [2.05, 4.69) is 10.4 Å². The molecule has 0 fully saturated rings. The molecule has 0 radical (unpaired) electrons. The van der Waals surface area contributed by atoms with E-state index in [1.165, 1.54) is 23.7 Å². The summed E-state index contributed by atoms with van der Waals surface area (Å²) in [5.41, 5.74) is -0.129. The topological polar surface area (TPSA) is 56.2 Å². The summed E-state index contributed by atoms with van der Waals surface area (Å²) in [7, 11) is 0. The summed E-state index contributed by atoms with van der Waals surface area (Å²) in [5.74, 6) is -10.1. The average Bonchev–Trinajstić information content (AvgIpc) is 3.47. The Morgan fingerprint density at radius 3 is 2.47 bits per heavy atom. The lowest BCUT2D eigenvalue weighted by molar-refractivity contribution is 0.103. The van der Waals surface area contributed by atoms with Gasteiger partial charge < -0.3 is 10.1 Å². The van der Waals surface area contributed by atoms with Crippen molar-refractivity contribution in [1.82, 2.24) is 9.78 Å². The minimum absolute atomic E-state index is 0.166. The van der Waals surface area contributed by atoms with E-state index in [4.69, 9.17) is 16.3 Å². The van der Waals surface area contributed by atoms with Gasteiger partial charge in [0, 0.05) is 16.8 Å². The third-order valence-corrected chi connectivity index (χ3v) is 5.80. The van der Waals surface area contributed by atoms with Gasteiger partial charge in [0.15, 0.2) is 23.3 Å². The first kappa shape index (κ1) is 23.7. The zero-order chi connectivity index (χ0) is 24.4. The van der Waals surface area contributed by atoms with Gasteiger partial charge in [-0.3, -0.25) is 9.48 Å². The van der Waals surface area contributed by atoms with E-state index in [9.17, 15) is 26.7 Å². The SMILES string of the molecule is O=C(Nc1cnn(Cc2c(F)c(F)c(F)c(F)c2F)c1)c1cc(COc2cccc(Cl)c2)cs1. The number of carbonyl (C=O) groups is 1. The number of amides is 1. The maximum atomic E-state index is 13.9. The highest BCUT2D eigenvalue weighted by Gasteiger charge is 2.26. The van der Waals surface area contributed by atoms with E-state index >= 15 is 0 Å². The molecule has 34 heavy (non-hydrogen) atoms. The zero-order valence-corrected chi connectivity index (χ0v) is 18.5. The van der Waals surface area contributed by atoms with Gasteiger partial charge in [-0.2, -0.15) is 5.10 Å². The van der Waals surface area contributed by atoms with E-state index in [0.717, 1.165) is 10.2 Å². The number of ether oxygens (including phenoxy) is 1. The van der Waals surface area contributed by atoms with Crippen molar-refractivity contribution in [3.8, 4) is 5.75 Å². The van der Waals surface area contributed by atoms with E-state index in [1.54, 1.807) is 35.7 Å². The third-order valence-electron chi connectivity index (χ3n) is 4.59. The van der Waals surface area contributed by atoms with Gasteiger partial charge in [-0.15, -0.1) is 11.3 Å². The Balaban J connectivity index is 1.40. The highest BCUT2D eigenvalue weighted by atomic mass is 35.5. The Labute approximate surface area is 198 Å². The number of thiophene rings is 1. The molecule has 0 saturated heterocycles. The normalized spacial score (nSPS) is 11.0. The minimum atomic E-state index is -2.24. The molecule has 0 aliphatic rings. The minimum Gasteiger partial charge on any atom is -0.489 e. The monoisotopic (exact) mass is 513 g/mol. The van der Waals surface area contributed by atoms with Gasteiger partial charge >= 0.3 is 0 Å². The van der Waals surface area contributed by atoms with Gasteiger partial charge in [0.05, 0.1) is 28.9 Å². The van der Waals surface area contributed by atoms with Crippen molar-refractivity contribution in [3.63, 3.8) is 0 Å². The van der Waals surface area contributed by atoms with E-state index in [-0.39, 0.29) is 12.3 Å². The molecular formula is C22H13ClF5N3O2S. The molecule has 4 rings (SSSR count). The van der Waals surface area contributed by atoms with Gasteiger partial charge in [-0.25, -0.2) is 22.0 Å². The number of nitrogens with zero attached hydrogens (tertiary/aromatic N) is 2. The van der Waals surface area contributed by atoms with Crippen LogP contribution in [0.25, 0.3) is 0 Å². The van der Waals surface area contributed by atoms with Crippen LogP contribution in [0, 0.1) is 29.1 Å². The number of anilines is 1. The second-order valence-corrected chi connectivity index (χ2v) is 8.34. The maximum absolute atomic E-state index is 13.9. The van der Waals surface area contributed by atoms with Crippen molar-refractivity contribution >= 4 is 34.5 Å². The first-order valence-electron chi connectivity index (χ1n) is 9.53. The number of halogens is 6. The lowest BCUT2D eigenvalue weighted by Gasteiger charge is -2.08. The fraction of sp³-hybridized carbons (Fsp3) is 0.0909. The molecular weight excluding hydrogens is 501 g/mol. The van der Waals surface area contributed by atoms with Gasteiger partial charge in [-0.05, 0) is 29.6 Å². The summed E-state index contributed by atoms with van der Waals surface area (Å²) in [5, 5.41) is 8.63. The zero-order valence-electron chi connectivity index (χ0n) is 16.9. The van der Waals surface area contributed by atoms with Crippen LogP contribution in [0.3, 0.4) is 0 Å². The summed E-state index contributed by atoms with van der Waals surface area (Å²) < 4.78 is 74.3. The van der Waals surface area contributed by atoms with Crippen LogP contribution >= 0.6 is 22.9 Å². The second kappa shape index (κ2) is 9.82. The standard InChI is InChI=1S/C22H13ClF5N3O2S/c23-12-2-1-3-14(5-12)33-9-11-4-16(34-10-11)22(32)30-13-6-29-31(7-13)8-15-17(24)19(26)21(28)20(27)18(15)25/h1-7,10H,8-9H2,(H,30,32). The predicted molar refractivity (Wildman–Crippen MR) is 116 cm³/mol. The highest BCUT2D eigenvalue weighted by Crippen LogP contribution is 2.25.